The maximum Gasteiger partial charge on any atom is 0.138 e. The second-order valence-electron chi connectivity index (χ2n) is 6.64. The molecule has 0 saturated heterocycles. The Kier molecular flexibility index (Phi) is 3.70. The lowest BCUT2D eigenvalue weighted by Gasteiger charge is -2.22. The zero-order chi connectivity index (χ0) is 14.2. The minimum atomic E-state index is -0.0431. The minimum Gasteiger partial charge on any atom is -0.373 e. The molecular weight excluding hydrogens is 236 g/mol. The van der Waals surface area contributed by atoms with E-state index in [9.17, 15) is 0 Å². The van der Waals surface area contributed by atoms with E-state index in [-0.39, 0.29) is 5.41 Å². The number of rotatable bonds is 4. The van der Waals surface area contributed by atoms with Gasteiger partial charge in [0.1, 0.15) is 17.5 Å². The second-order valence-corrected chi connectivity index (χ2v) is 6.64. The van der Waals surface area contributed by atoms with Crippen molar-refractivity contribution in [3.05, 3.63) is 11.4 Å². The third kappa shape index (κ3) is 3.17. The fourth-order valence-electron chi connectivity index (χ4n) is 2.17. The SMILES string of the molecule is CNc1nc(C(C)(C)C)nc(NC(C)C2CC2)c1C. The molecule has 1 aromatic heterocycles. The predicted molar refractivity (Wildman–Crippen MR) is 80.8 cm³/mol. The van der Waals surface area contributed by atoms with E-state index in [2.05, 4.69) is 50.2 Å². The van der Waals surface area contributed by atoms with Gasteiger partial charge < -0.3 is 10.6 Å². The highest BCUT2D eigenvalue weighted by Crippen LogP contribution is 2.35. The molecule has 4 nitrogen and oxygen atoms in total. The Labute approximate surface area is 116 Å². The van der Waals surface area contributed by atoms with Crippen LogP contribution in [0.15, 0.2) is 0 Å². The summed E-state index contributed by atoms with van der Waals surface area (Å²) in [6, 6.07) is 0.492. The van der Waals surface area contributed by atoms with Crippen molar-refractivity contribution in [2.24, 2.45) is 5.92 Å². The normalized spacial score (nSPS) is 17.2. The van der Waals surface area contributed by atoms with Crippen LogP contribution in [0, 0.1) is 12.8 Å². The highest BCUT2D eigenvalue weighted by Gasteiger charge is 2.29. The Balaban J connectivity index is 2.34. The Morgan fingerprint density at radius 2 is 1.74 bits per heavy atom. The van der Waals surface area contributed by atoms with E-state index in [1.807, 2.05) is 7.05 Å². The first-order chi connectivity index (χ1) is 8.82. The third-order valence-corrected chi connectivity index (χ3v) is 3.75. The molecule has 0 radical (unpaired) electrons. The van der Waals surface area contributed by atoms with Gasteiger partial charge >= 0.3 is 0 Å². The molecule has 0 aromatic carbocycles. The van der Waals surface area contributed by atoms with Gasteiger partial charge in [0, 0.05) is 24.1 Å². The van der Waals surface area contributed by atoms with E-state index in [4.69, 9.17) is 4.98 Å². The zero-order valence-corrected chi connectivity index (χ0v) is 13.0. The van der Waals surface area contributed by atoms with Gasteiger partial charge in [-0.15, -0.1) is 0 Å². The molecule has 2 rings (SSSR count). The summed E-state index contributed by atoms with van der Waals surface area (Å²) < 4.78 is 0. The van der Waals surface area contributed by atoms with Gasteiger partial charge in [0.05, 0.1) is 0 Å². The molecule has 1 aliphatic rings. The third-order valence-electron chi connectivity index (χ3n) is 3.75. The first kappa shape index (κ1) is 14.1. The first-order valence-corrected chi connectivity index (χ1v) is 7.16. The Bertz CT molecular complexity index is 458. The number of hydrogen-bond acceptors (Lipinski definition) is 4. The highest BCUT2D eigenvalue weighted by molar-refractivity contribution is 5.57. The maximum atomic E-state index is 4.74. The Morgan fingerprint density at radius 1 is 1.16 bits per heavy atom. The minimum absolute atomic E-state index is 0.0431. The summed E-state index contributed by atoms with van der Waals surface area (Å²) in [5, 5.41) is 6.74. The molecular formula is C15H26N4. The largest absolute Gasteiger partial charge is 0.373 e. The van der Waals surface area contributed by atoms with Crippen molar-refractivity contribution >= 4 is 11.6 Å². The number of aromatic nitrogens is 2. The first-order valence-electron chi connectivity index (χ1n) is 7.16. The van der Waals surface area contributed by atoms with Crippen LogP contribution in [0.2, 0.25) is 0 Å². The van der Waals surface area contributed by atoms with E-state index >= 15 is 0 Å². The summed E-state index contributed by atoms with van der Waals surface area (Å²) in [4.78, 5) is 9.37. The van der Waals surface area contributed by atoms with E-state index in [1.54, 1.807) is 0 Å². The summed E-state index contributed by atoms with van der Waals surface area (Å²) >= 11 is 0. The summed E-state index contributed by atoms with van der Waals surface area (Å²) in [5.41, 5.74) is 1.06. The molecule has 0 spiro atoms. The molecule has 106 valence electrons. The maximum absolute atomic E-state index is 4.74. The van der Waals surface area contributed by atoms with Crippen molar-refractivity contribution in [1.82, 2.24) is 9.97 Å². The van der Waals surface area contributed by atoms with Crippen molar-refractivity contribution in [2.75, 3.05) is 17.7 Å². The van der Waals surface area contributed by atoms with Gasteiger partial charge in [0.25, 0.3) is 0 Å². The van der Waals surface area contributed by atoms with Gasteiger partial charge in [0.15, 0.2) is 0 Å². The van der Waals surface area contributed by atoms with E-state index in [0.29, 0.717) is 6.04 Å². The summed E-state index contributed by atoms with van der Waals surface area (Å²) in [5.74, 6) is 3.59. The molecule has 1 fully saturated rings. The van der Waals surface area contributed by atoms with E-state index in [0.717, 1.165) is 28.9 Å². The van der Waals surface area contributed by atoms with Crippen LogP contribution >= 0.6 is 0 Å². The Morgan fingerprint density at radius 3 is 2.21 bits per heavy atom. The number of nitrogens with one attached hydrogen (secondary N) is 2. The van der Waals surface area contributed by atoms with Crippen LogP contribution < -0.4 is 10.6 Å². The van der Waals surface area contributed by atoms with Gasteiger partial charge in [-0.25, -0.2) is 9.97 Å². The van der Waals surface area contributed by atoms with Crippen molar-refractivity contribution in [3.63, 3.8) is 0 Å². The van der Waals surface area contributed by atoms with Crippen LogP contribution in [-0.2, 0) is 5.41 Å². The van der Waals surface area contributed by atoms with Crippen LogP contribution in [0.4, 0.5) is 11.6 Å². The van der Waals surface area contributed by atoms with Crippen molar-refractivity contribution < 1.29 is 0 Å². The van der Waals surface area contributed by atoms with Crippen LogP contribution in [-0.4, -0.2) is 23.1 Å². The molecule has 0 aliphatic heterocycles. The molecule has 1 aliphatic carbocycles. The molecule has 1 heterocycles. The van der Waals surface area contributed by atoms with Gasteiger partial charge in [-0.2, -0.15) is 0 Å². The van der Waals surface area contributed by atoms with Gasteiger partial charge in [-0.1, -0.05) is 20.8 Å². The van der Waals surface area contributed by atoms with E-state index < -0.39 is 0 Å². The fraction of sp³-hybridized carbons (Fsp3) is 0.733. The summed E-state index contributed by atoms with van der Waals surface area (Å²) in [7, 11) is 1.91. The molecule has 4 heteroatoms. The second kappa shape index (κ2) is 4.99. The topological polar surface area (TPSA) is 49.8 Å². The standard InChI is InChI=1S/C15H26N4/c1-9-12(16-6)18-14(15(3,4)5)19-13(9)17-10(2)11-7-8-11/h10-11H,7-8H2,1-6H3,(H2,16,17,18,19). The average molecular weight is 262 g/mol. The molecule has 19 heavy (non-hydrogen) atoms. The zero-order valence-electron chi connectivity index (χ0n) is 13.0. The molecule has 0 bridgehead atoms. The van der Waals surface area contributed by atoms with Crippen LogP contribution in [0.25, 0.3) is 0 Å². The lowest BCUT2D eigenvalue weighted by atomic mass is 9.95. The lowest BCUT2D eigenvalue weighted by molar-refractivity contribution is 0.545. The van der Waals surface area contributed by atoms with Crippen molar-refractivity contribution in [2.45, 2.75) is 58.9 Å². The molecule has 1 saturated carbocycles. The molecule has 2 N–H and O–H groups in total. The fourth-order valence-corrected chi connectivity index (χ4v) is 2.17. The van der Waals surface area contributed by atoms with Crippen LogP contribution in [0.1, 0.15) is 51.9 Å². The number of nitrogens with zero attached hydrogens (tertiary/aromatic N) is 2. The van der Waals surface area contributed by atoms with Gasteiger partial charge in [-0.3, -0.25) is 0 Å². The average Bonchev–Trinajstić information content (AvgIpc) is 3.14. The van der Waals surface area contributed by atoms with Crippen molar-refractivity contribution in [3.8, 4) is 0 Å². The predicted octanol–water partition coefficient (Wildman–Crippen LogP) is 3.33. The van der Waals surface area contributed by atoms with Crippen LogP contribution in [0.3, 0.4) is 0 Å². The summed E-state index contributed by atoms with van der Waals surface area (Å²) in [6.07, 6.45) is 2.67. The van der Waals surface area contributed by atoms with Gasteiger partial charge in [0.2, 0.25) is 0 Å². The molecule has 1 atom stereocenters. The summed E-state index contributed by atoms with van der Waals surface area (Å²) in [6.45, 7) is 10.7. The van der Waals surface area contributed by atoms with Crippen LogP contribution in [0.5, 0.6) is 0 Å². The smallest absolute Gasteiger partial charge is 0.138 e. The molecule has 1 aromatic rings. The molecule has 1 unspecified atom stereocenters. The van der Waals surface area contributed by atoms with E-state index in [1.165, 1.54) is 12.8 Å². The number of hydrogen-bond donors (Lipinski definition) is 2. The monoisotopic (exact) mass is 262 g/mol. The number of anilines is 2. The van der Waals surface area contributed by atoms with Crippen molar-refractivity contribution in [1.29, 1.82) is 0 Å². The lowest BCUT2D eigenvalue weighted by Crippen LogP contribution is -2.23. The highest BCUT2D eigenvalue weighted by atomic mass is 15.1. The van der Waals surface area contributed by atoms with Gasteiger partial charge in [-0.05, 0) is 32.6 Å². The molecule has 0 amide bonds. The quantitative estimate of drug-likeness (QED) is 0.874. The Hall–Kier alpha value is -1.32.